The van der Waals surface area contributed by atoms with Crippen molar-refractivity contribution in [2.75, 3.05) is 13.7 Å². The fourth-order valence-electron chi connectivity index (χ4n) is 1.84. The molecule has 0 aliphatic rings. The lowest BCUT2D eigenvalue weighted by molar-refractivity contribution is 0.414. The second-order valence-electron chi connectivity index (χ2n) is 4.45. The summed E-state index contributed by atoms with van der Waals surface area (Å²) in [6.07, 6.45) is 0.540. The van der Waals surface area contributed by atoms with Gasteiger partial charge in [-0.25, -0.2) is 17.5 Å². The summed E-state index contributed by atoms with van der Waals surface area (Å²) in [5.41, 5.74) is 0.984. The Hall–Kier alpha value is -1.92. The molecule has 0 aliphatic carbocycles. The first-order valence-electron chi connectivity index (χ1n) is 6.39. The van der Waals surface area contributed by atoms with E-state index in [-0.39, 0.29) is 11.4 Å². The zero-order valence-electron chi connectivity index (χ0n) is 11.5. The van der Waals surface area contributed by atoms with Crippen molar-refractivity contribution in [3.05, 3.63) is 59.9 Å². The molecule has 0 atom stereocenters. The van der Waals surface area contributed by atoms with Crippen molar-refractivity contribution in [2.24, 2.45) is 0 Å². The van der Waals surface area contributed by atoms with Crippen molar-refractivity contribution in [2.45, 2.75) is 11.3 Å². The summed E-state index contributed by atoms with van der Waals surface area (Å²) in [5.74, 6) is 0.173. The molecule has 0 unspecified atom stereocenters. The SMILES string of the molecule is COc1ccc(CCNS(=O)(=O)c2cccc(F)c2)cc1. The van der Waals surface area contributed by atoms with Crippen LogP contribution in [0.3, 0.4) is 0 Å². The highest BCUT2D eigenvalue weighted by atomic mass is 32.2. The first kappa shape index (κ1) is 15.5. The average molecular weight is 309 g/mol. The van der Waals surface area contributed by atoms with Crippen molar-refractivity contribution >= 4 is 10.0 Å². The minimum absolute atomic E-state index is 0.0720. The van der Waals surface area contributed by atoms with E-state index in [1.807, 2.05) is 24.3 Å². The number of benzene rings is 2. The van der Waals surface area contributed by atoms with Crippen LogP contribution in [0.2, 0.25) is 0 Å². The standard InChI is InChI=1S/C15H16FNO3S/c1-20-14-7-5-12(6-8-14)9-10-17-21(18,19)15-4-2-3-13(16)11-15/h2-8,11,17H,9-10H2,1H3. The molecule has 2 aromatic carbocycles. The fourth-order valence-corrected chi connectivity index (χ4v) is 2.90. The van der Waals surface area contributed by atoms with Crippen molar-refractivity contribution in [1.29, 1.82) is 0 Å². The zero-order valence-corrected chi connectivity index (χ0v) is 12.4. The Morgan fingerprint density at radius 1 is 1.14 bits per heavy atom. The second kappa shape index (κ2) is 6.69. The van der Waals surface area contributed by atoms with Crippen molar-refractivity contribution in [3.63, 3.8) is 0 Å². The first-order chi connectivity index (χ1) is 10.0. The van der Waals surface area contributed by atoms with Crippen molar-refractivity contribution in [1.82, 2.24) is 4.72 Å². The number of hydrogen-bond donors (Lipinski definition) is 1. The fraction of sp³-hybridized carbons (Fsp3) is 0.200. The summed E-state index contributed by atoms with van der Waals surface area (Å²) in [6, 6.07) is 12.3. The Morgan fingerprint density at radius 2 is 1.86 bits per heavy atom. The van der Waals surface area contributed by atoms with Gasteiger partial charge in [0.25, 0.3) is 0 Å². The van der Waals surface area contributed by atoms with Crippen LogP contribution in [0, 0.1) is 5.82 Å². The molecule has 0 saturated heterocycles. The molecule has 0 bridgehead atoms. The van der Waals surface area contributed by atoms with E-state index in [0.29, 0.717) is 6.42 Å². The van der Waals surface area contributed by atoms with Gasteiger partial charge < -0.3 is 4.74 Å². The second-order valence-corrected chi connectivity index (χ2v) is 6.22. The monoisotopic (exact) mass is 309 g/mol. The highest BCUT2D eigenvalue weighted by Gasteiger charge is 2.13. The summed E-state index contributed by atoms with van der Waals surface area (Å²) >= 11 is 0. The van der Waals surface area contributed by atoms with Crippen LogP contribution in [-0.2, 0) is 16.4 Å². The normalized spacial score (nSPS) is 11.3. The van der Waals surface area contributed by atoms with E-state index in [1.54, 1.807) is 7.11 Å². The molecule has 112 valence electrons. The summed E-state index contributed by atoms with van der Waals surface area (Å²) in [7, 11) is -2.10. The lowest BCUT2D eigenvalue weighted by atomic mass is 10.1. The van der Waals surface area contributed by atoms with Gasteiger partial charge in [-0.1, -0.05) is 18.2 Å². The lowest BCUT2D eigenvalue weighted by Crippen LogP contribution is -2.26. The highest BCUT2D eigenvalue weighted by Crippen LogP contribution is 2.12. The molecule has 0 radical (unpaired) electrons. The van der Waals surface area contributed by atoms with Crippen LogP contribution in [0.4, 0.5) is 4.39 Å². The molecule has 4 nitrogen and oxygen atoms in total. The van der Waals surface area contributed by atoms with Gasteiger partial charge in [0.2, 0.25) is 10.0 Å². The van der Waals surface area contributed by atoms with E-state index in [2.05, 4.69) is 4.72 Å². The number of ether oxygens (including phenoxy) is 1. The van der Waals surface area contributed by atoms with Crippen LogP contribution >= 0.6 is 0 Å². The summed E-state index contributed by atoms with van der Waals surface area (Å²) in [6.45, 7) is 0.241. The maximum atomic E-state index is 13.1. The molecule has 0 fully saturated rings. The number of halogens is 1. The van der Waals surface area contributed by atoms with E-state index in [4.69, 9.17) is 4.74 Å². The van der Waals surface area contributed by atoms with Gasteiger partial charge in [-0.2, -0.15) is 0 Å². The molecular weight excluding hydrogens is 293 g/mol. The van der Waals surface area contributed by atoms with Crippen LogP contribution in [0.25, 0.3) is 0 Å². The van der Waals surface area contributed by atoms with E-state index in [0.717, 1.165) is 17.4 Å². The molecule has 0 aliphatic heterocycles. The Bertz CT molecular complexity index is 699. The minimum atomic E-state index is -3.68. The molecule has 6 heteroatoms. The van der Waals surface area contributed by atoms with Crippen LogP contribution < -0.4 is 9.46 Å². The maximum Gasteiger partial charge on any atom is 0.240 e. The third-order valence-electron chi connectivity index (χ3n) is 2.97. The smallest absolute Gasteiger partial charge is 0.240 e. The Kier molecular flexibility index (Phi) is 4.93. The van der Waals surface area contributed by atoms with Gasteiger partial charge in [0.05, 0.1) is 12.0 Å². The zero-order chi connectivity index (χ0) is 15.3. The molecule has 2 rings (SSSR count). The van der Waals surface area contributed by atoms with E-state index in [9.17, 15) is 12.8 Å². The molecule has 0 spiro atoms. The van der Waals surface area contributed by atoms with Crippen LogP contribution in [0.15, 0.2) is 53.4 Å². The van der Waals surface area contributed by atoms with Crippen LogP contribution in [0.1, 0.15) is 5.56 Å². The van der Waals surface area contributed by atoms with Gasteiger partial charge in [-0.05, 0) is 42.3 Å². The van der Waals surface area contributed by atoms with Gasteiger partial charge in [0.1, 0.15) is 11.6 Å². The number of hydrogen-bond acceptors (Lipinski definition) is 3. The lowest BCUT2D eigenvalue weighted by Gasteiger charge is -2.07. The summed E-state index contributed by atoms with van der Waals surface area (Å²) < 4.78 is 44.5. The number of sulfonamides is 1. The minimum Gasteiger partial charge on any atom is -0.497 e. The van der Waals surface area contributed by atoms with Gasteiger partial charge >= 0.3 is 0 Å². The molecule has 0 aromatic heterocycles. The number of rotatable bonds is 6. The molecule has 0 heterocycles. The molecule has 0 amide bonds. The Morgan fingerprint density at radius 3 is 2.48 bits per heavy atom. The summed E-state index contributed by atoms with van der Waals surface area (Å²) in [4.78, 5) is -0.0720. The summed E-state index contributed by atoms with van der Waals surface area (Å²) in [5, 5.41) is 0. The third-order valence-corrected chi connectivity index (χ3v) is 4.43. The predicted molar refractivity (Wildman–Crippen MR) is 78.3 cm³/mol. The third kappa shape index (κ3) is 4.27. The predicted octanol–water partition coefficient (Wildman–Crippen LogP) is 2.36. The van der Waals surface area contributed by atoms with Crippen molar-refractivity contribution in [3.8, 4) is 5.75 Å². The van der Waals surface area contributed by atoms with Gasteiger partial charge in [0, 0.05) is 6.54 Å². The Labute approximate surface area is 123 Å². The highest BCUT2D eigenvalue weighted by molar-refractivity contribution is 7.89. The van der Waals surface area contributed by atoms with Crippen LogP contribution in [0.5, 0.6) is 5.75 Å². The van der Waals surface area contributed by atoms with E-state index < -0.39 is 15.8 Å². The molecular formula is C15H16FNO3S. The molecule has 21 heavy (non-hydrogen) atoms. The van der Waals surface area contributed by atoms with Gasteiger partial charge in [-0.3, -0.25) is 0 Å². The first-order valence-corrected chi connectivity index (χ1v) is 7.88. The van der Waals surface area contributed by atoms with Gasteiger partial charge in [-0.15, -0.1) is 0 Å². The number of nitrogens with one attached hydrogen (secondary N) is 1. The van der Waals surface area contributed by atoms with Crippen LogP contribution in [-0.4, -0.2) is 22.1 Å². The molecule has 2 aromatic rings. The molecule has 1 N–H and O–H groups in total. The maximum absolute atomic E-state index is 13.1. The average Bonchev–Trinajstić information content (AvgIpc) is 2.48. The van der Waals surface area contributed by atoms with Gasteiger partial charge in [0.15, 0.2) is 0 Å². The number of methoxy groups -OCH3 is 1. The topological polar surface area (TPSA) is 55.4 Å². The Balaban J connectivity index is 1.95. The largest absolute Gasteiger partial charge is 0.497 e. The molecule has 0 saturated carbocycles. The van der Waals surface area contributed by atoms with Crippen molar-refractivity contribution < 1.29 is 17.5 Å². The van der Waals surface area contributed by atoms with E-state index in [1.165, 1.54) is 18.2 Å². The quantitative estimate of drug-likeness (QED) is 0.891. The van der Waals surface area contributed by atoms with E-state index >= 15 is 0 Å².